The number of nitrogens with two attached hydrogens (primary N) is 4. The maximum absolute atomic E-state index is 12.1. The van der Waals surface area contributed by atoms with Crippen LogP contribution in [0, 0.1) is 0 Å². The quantitative estimate of drug-likeness (QED) is 0.0648. The number of ether oxygens (including phenoxy) is 3. The fourth-order valence-electron chi connectivity index (χ4n) is 6.11. The van der Waals surface area contributed by atoms with Crippen molar-refractivity contribution in [2.75, 3.05) is 47.5 Å². The lowest BCUT2D eigenvalue weighted by atomic mass is 10.1. The molecule has 0 fully saturated rings. The number of hydrogen-bond acceptors (Lipinski definition) is 11. The molecule has 0 saturated carbocycles. The van der Waals surface area contributed by atoms with Crippen LogP contribution in [0.3, 0.4) is 0 Å². The van der Waals surface area contributed by atoms with E-state index >= 15 is 0 Å². The number of nitrogens with one attached hydrogen (secondary N) is 2. The lowest BCUT2D eigenvalue weighted by Crippen LogP contribution is -2.11. The molecule has 4 heterocycles. The summed E-state index contributed by atoms with van der Waals surface area (Å²) in [6.45, 7) is 4.17. The SMILES string of the molecule is COC(=O)c1cc2c([nH]c3ccccc32)c(-c2ccc(OC)cc2)n1.COc1ccc(-c2nc(C(C)=O)cc3c2[nH]c2ccccc23)cc1.NCCCN.NCCN. The molecule has 13 heteroatoms. The molecule has 0 bridgehead atoms. The number of ketones is 1. The minimum Gasteiger partial charge on any atom is -0.497 e. The van der Waals surface area contributed by atoms with Gasteiger partial charge in [0.1, 0.15) is 22.9 Å². The first-order valence-electron chi connectivity index (χ1n) is 18.7. The second-order valence-corrected chi connectivity index (χ2v) is 12.9. The van der Waals surface area contributed by atoms with Gasteiger partial charge in [-0.15, -0.1) is 0 Å². The summed E-state index contributed by atoms with van der Waals surface area (Å²) in [6, 6.07) is 35.0. The molecule has 0 atom stereocenters. The normalized spacial score (nSPS) is 10.6. The maximum atomic E-state index is 12.1. The molecule has 4 aromatic carbocycles. The molecule has 4 aromatic heterocycles. The highest BCUT2D eigenvalue weighted by atomic mass is 16.5. The number of pyridine rings is 2. The van der Waals surface area contributed by atoms with Crippen LogP contribution >= 0.6 is 0 Å². The standard InChI is InChI=1S/C20H16N2O3.C20H16N2O2.C3H10N2.C2H8N2/c1-24-13-9-7-12(8-10-13)18-19-15(11-17(22-18)20(23)25-2)14-5-3-4-6-16(14)21-19;1-12(23)18-11-16-15-5-3-4-6-17(15)21-20(16)19(22-18)13-7-9-14(24-2)10-8-13;4-2-1-3-5;3-1-2-4/h3-11,21H,1-2H3;3-11,21H,1-2H3;1-5H2;1-4H2. The van der Waals surface area contributed by atoms with Crippen molar-refractivity contribution in [2.45, 2.75) is 13.3 Å². The van der Waals surface area contributed by atoms with E-state index in [4.69, 9.17) is 37.1 Å². The number of fused-ring (bicyclic) bond motifs is 6. The average Bonchev–Trinajstić information content (AvgIpc) is 3.85. The molecule has 58 heavy (non-hydrogen) atoms. The van der Waals surface area contributed by atoms with Crippen LogP contribution in [0.15, 0.2) is 109 Å². The first-order valence-corrected chi connectivity index (χ1v) is 18.7. The van der Waals surface area contributed by atoms with E-state index in [1.807, 2.05) is 97.1 Å². The lowest BCUT2D eigenvalue weighted by Gasteiger charge is -2.07. The number of rotatable bonds is 9. The minimum atomic E-state index is -0.457. The van der Waals surface area contributed by atoms with Gasteiger partial charge in [-0.25, -0.2) is 14.8 Å². The number of esters is 1. The van der Waals surface area contributed by atoms with E-state index in [9.17, 15) is 9.59 Å². The molecule has 0 radical (unpaired) electrons. The highest BCUT2D eigenvalue weighted by Gasteiger charge is 2.18. The van der Waals surface area contributed by atoms with E-state index in [2.05, 4.69) is 26.0 Å². The first kappa shape index (κ1) is 42.5. The summed E-state index contributed by atoms with van der Waals surface area (Å²) in [4.78, 5) is 40.0. The number of Topliss-reactive ketones (excluding diaryl/α,β-unsaturated/α-hetero) is 1. The van der Waals surface area contributed by atoms with Crippen molar-refractivity contribution in [1.82, 2.24) is 19.9 Å². The fourth-order valence-corrected chi connectivity index (χ4v) is 6.11. The van der Waals surface area contributed by atoms with Gasteiger partial charge in [-0.3, -0.25) is 4.79 Å². The van der Waals surface area contributed by atoms with Crippen molar-refractivity contribution in [3.05, 3.63) is 121 Å². The molecule has 0 spiro atoms. The molecule has 0 saturated heterocycles. The second-order valence-electron chi connectivity index (χ2n) is 12.9. The largest absolute Gasteiger partial charge is 0.497 e. The molecule has 8 rings (SSSR count). The minimum absolute atomic E-state index is 0.0445. The van der Waals surface area contributed by atoms with Crippen LogP contribution in [0.1, 0.15) is 34.3 Å². The Bertz CT molecular complexity index is 2600. The topological polar surface area (TPSA) is 223 Å². The zero-order valence-electron chi connectivity index (χ0n) is 33.2. The van der Waals surface area contributed by atoms with Gasteiger partial charge in [0.2, 0.25) is 0 Å². The first-order chi connectivity index (χ1) is 28.2. The summed E-state index contributed by atoms with van der Waals surface area (Å²) in [5, 5.41) is 4.08. The van der Waals surface area contributed by atoms with Gasteiger partial charge in [0.05, 0.1) is 43.8 Å². The molecule has 8 aromatic rings. The van der Waals surface area contributed by atoms with Crippen LogP contribution in [-0.4, -0.2) is 79.2 Å². The number of aromatic amines is 2. The van der Waals surface area contributed by atoms with Crippen LogP contribution in [-0.2, 0) is 4.74 Å². The third kappa shape index (κ3) is 9.83. The van der Waals surface area contributed by atoms with Crippen molar-refractivity contribution in [2.24, 2.45) is 22.9 Å². The molecule has 10 N–H and O–H groups in total. The van der Waals surface area contributed by atoms with E-state index in [0.717, 1.165) is 91.4 Å². The summed E-state index contributed by atoms with van der Waals surface area (Å²) in [5.74, 6) is 1.05. The number of methoxy groups -OCH3 is 3. The van der Waals surface area contributed by atoms with Gasteiger partial charge in [0, 0.05) is 63.7 Å². The Balaban J connectivity index is 0.000000183. The summed E-state index contributed by atoms with van der Waals surface area (Å²) < 4.78 is 15.3. The molecular formula is C45H50N8O5. The van der Waals surface area contributed by atoms with Crippen molar-refractivity contribution in [3.63, 3.8) is 0 Å². The second kappa shape index (κ2) is 20.5. The van der Waals surface area contributed by atoms with Crippen LogP contribution in [0.4, 0.5) is 0 Å². The third-order valence-corrected chi connectivity index (χ3v) is 9.05. The Morgan fingerprint density at radius 3 is 1.33 bits per heavy atom. The van der Waals surface area contributed by atoms with Gasteiger partial charge in [0.25, 0.3) is 0 Å². The number of carbonyl (C=O) groups excluding carboxylic acids is 2. The van der Waals surface area contributed by atoms with E-state index in [0.29, 0.717) is 24.5 Å². The Morgan fingerprint density at radius 1 is 0.552 bits per heavy atom. The summed E-state index contributed by atoms with van der Waals surface area (Å²) in [7, 11) is 4.62. The zero-order chi connectivity index (χ0) is 41.6. The predicted molar refractivity (Wildman–Crippen MR) is 233 cm³/mol. The Labute approximate surface area is 336 Å². The highest BCUT2D eigenvalue weighted by molar-refractivity contribution is 6.14. The number of benzene rings is 4. The maximum Gasteiger partial charge on any atom is 0.356 e. The van der Waals surface area contributed by atoms with Crippen LogP contribution in [0.2, 0.25) is 0 Å². The van der Waals surface area contributed by atoms with Crippen molar-refractivity contribution < 1.29 is 23.8 Å². The summed E-state index contributed by atoms with van der Waals surface area (Å²) in [5.41, 5.74) is 27.8. The smallest absolute Gasteiger partial charge is 0.356 e. The van der Waals surface area contributed by atoms with Crippen LogP contribution < -0.4 is 32.4 Å². The van der Waals surface area contributed by atoms with E-state index in [-0.39, 0.29) is 11.5 Å². The van der Waals surface area contributed by atoms with E-state index in [1.54, 1.807) is 27.2 Å². The highest BCUT2D eigenvalue weighted by Crippen LogP contribution is 2.35. The van der Waals surface area contributed by atoms with Gasteiger partial charge in [-0.2, -0.15) is 0 Å². The van der Waals surface area contributed by atoms with Crippen molar-refractivity contribution in [1.29, 1.82) is 0 Å². The molecule has 13 nitrogen and oxygen atoms in total. The molecule has 0 amide bonds. The molecule has 0 unspecified atom stereocenters. The van der Waals surface area contributed by atoms with Crippen LogP contribution in [0.5, 0.6) is 11.5 Å². The average molecular weight is 783 g/mol. The molecule has 0 aliphatic rings. The number of nitrogens with zero attached hydrogens (tertiary/aromatic N) is 2. The van der Waals surface area contributed by atoms with Gasteiger partial charge in [0.15, 0.2) is 5.78 Å². The Kier molecular flexibility index (Phi) is 15.0. The van der Waals surface area contributed by atoms with Gasteiger partial charge >= 0.3 is 5.97 Å². The van der Waals surface area contributed by atoms with Gasteiger partial charge < -0.3 is 47.1 Å². The Hall–Kier alpha value is -6.64. The lowest BCUT2D eigenvalue weighted by molar-refractivity contribution is 0.0594. The molecule has 300 valence electrons. The predicted octanol–water partition coefficient (Wildman–Crippen LogP) is 6.97. The number of H-pyrrole nitrogens is 2. The zero-order valence-corrected chi connectivity index (χ0v) is 33.2. The number of hydrogen-bond donors (Lipinski definition) is 6. The van der Waals surface area contributed by atoms with Crippen molar-refractivity contribution in [3.8, 4) is 34.0 Å². The van der Waals surface area contributed by atoms with E-state index in [1.165, 1.54) is 7.11 Å². The summed E-state index contributed by atoms with van der Waals surface area (Å²) >= 11 is 0. The third-order valence-electron chi connectivity index (χ3n) is 9.05. The monoisotopic (exact) mass is 782 g/mol. The molecule has 0 aliphatic heterocycles. The fraction of sp³-hybridized carbons (Fsp3) is 0.200. The number of aromatic nitrogens is 4. The summed E-state index contributed by atoms with van der Waals surface area (Å²) in [6.07, 6.45) is 0.944. The van der Waals surface area contributed by atoms with Gasteiger partial charge in [-0.1, -0.05) is 36.4 Å². The van der Waals surface area contributed by atoms with Gasteiger partial charge in [-0.05, 0) is 92.3 Å². The van der Waals surface area contributed by atoms with Crippen molar-refractivity contribution >= 4 is 55.4 Å². The molecular weight excluding hydrogens is 733 g/mol. The number of carbonyl (C=O) groups is 2. The van der Waals surface area contributed by atoms with E-state index < -0.39 is 5.97 Å². The number of para-hydroxylation sites is 2. The van der Waals surface area contributed by atoms with Crippen LogP contribution in [0.25, 0.3) is 66.1 Å². The Morgan fingerprint density at radius 2 is 0.966 bits per heavy atom. The molecule has 0 aliphatic carbocycles.